The van der Waals surface area contributed by atoms with Gasteiger partial charge in [0.15, 0.2) is 0 Å². The average Bonchev–Trinajstić information content (AvgIpc) is 2.63. The number of nitrogens with two attached hydrogens (primary N) is 1. The Labute approximate surface area is 88.1 Å². The zero-order valence-corrected chi connectivity index (χ0v) is 8.74. The standard InChI is InChI=1S/C11H13N3O/c1-7-3-8(5-9(4-7)15-2)10-6-13-14-11(10)12/h3-6H,1-2H3,(H3,12,13,14). The number of H-pyrrole nitrogens is 1. The monoisotopic (exact) mass is 203 g/mol. The van der Waals surface area contributed by atoms with E-state index in [0.29, 0.717) is 5.82 Å². The summed E-state index contributed by atoms with van der Waals surface area (Å²) in [4.78, 5) is 0. The summed E-state index contributed by atoms with van der Waals surface area (Å²) in [5, 5.41) is 6.60. The quantitative estimate of drug-likeness (QED) is 0.784. The number of hydrogen-bond acceptors (Lipinski definition) is 3. The number of hydrogen-bond donors (Lipinski definition) is 2. The highest BCUT2D eigenvalue weighted by atomic mass is 16.5. The molecule has 15 heavy (non-hydrogen) atoms. The lowest BCUT2D eigenvalue weighted by Gasteiger charge is -2.05. The molecule has 0 aliphatic rings. The fourth-order valence-corrected chi connectivity index (χ4v) is 1.55. The maximum atomic E-state index is 5.76. The van der Waals surface area contributed by atoms with Crippen molar-refractivity contribution in [2.45, 2.75) is 6.92 Å². The molecular weight excluding hydrogens is 190 g/mol. The Morgan fingerprint density at radius 3 is 2.73 bits per heavy atom. The van der Waals surface area contributed by atoms with Gasteiger partial charge in [0, 0.05) is 5.56 Å². The molecule has 78 valence electrons. The van der Waals surface area contributed by atoms with Gasteiger partial charge < -0.3 is 10.5 Å². The van der Waals surface area contributed by atoms with Crippen LogP contribution in [0.25, 0.3) is 11.1 Å². The lowest BCUT2D eigenvalue weighted by Crippen LogP contribution is -1.89. The predicted molar refractivity (Wildman–Crippen MR) is 59.7 cm³/mol. The van der Waals surface area contributed by atoms with Crippen LogP contribution >= 0.6 is 0 Å². The van der Waals surface area contributed by atoms with E-state index < -0.39 is 0 Å². The second-order valence-corrected chi connectivity index (χ2v) is 3.44. The van der Waals surface area contributed by atoms with Gasteiger partial charge in [-0.05, 0) is 30.2 Å². The molecule has 0 fully saturated rings. The molecule has 0 unspecified atom stereocenters. The average molecular weight is 203 g/mol. The lowest BCUT2D eigenvalue weighted by atomic mass is 10.1. The molecule has 2 rings (SSSR count). The van der Waals surface area contributed by atoms with E-state index in [1.807, 2.05) is 25.1 Å². The second kappa shape index (κ2) is 3.65. The van der Waals surface area contributed by atoms with Crippen molar-refractivity contribution < 1.29 is 4.74 Å². The van der Waals surface area contributed by atoms with Gasteiger partial charge in [-0.1, -0.05) is 6.07 Å². The van der Waals surface area contributed by atoms with Gasteiger partial charge in [-0.25, -0.2) is 0 Å². The van der Waals surface area contributed by atoms with Gasteiger partial charge in [0.1, 0.15) is 11.6 Å². The van der Waals surface area contributed by atoms with E-state index in [9.17, 15) is 0 Å². The summed E-state index contributed by atoms with van der Waals surface area (Å²) >= 11 is 0. The van der Waals surface area contributed by atoms with E-state index in [0.717, 1.165) is 22.4 Å². The van der Waals surface area contributed by atoms with Crippen LogP contribution in [0.5, 0.6) is 5.75 Å². The predicted octanol–water partition coefficient (Wildman–Crippen LogP) is 1.98. The lowest BCUT2D eigenvalue weighted by molar-refractivity contribution is 0.414. The van der Waals surface area contributed by atoms with Crippen molar-refractivity contribution in [3.63, 3.8) is 0 Å². The number of nitrogens with zero attached hydrogens (tertiary/aromatic N) is 1. The Morgan fingerprint density at radius 1 is 1.33 bits per heavy atom. The highest BCUT2D eigenvalue weighted by Crippen LogP contribution is 2.28. The normalized spacial score (nSPS) is 10.3. The fraction of sp³-hybridized carbons (Fsp3) is 0.182. The number of benzene rings is 1. The molecule has 1 aromatic heterocycles. The molecule has 0 atom stereocenters. The molecule has 0 aliphatic carbocycles. The number of aryl methyl sites for hydroxylation is 1. The van der Waals surface area contributed by atoms with Gasteiger partial charge >= 0.3 is 0 Å². The van der Waals surface area contributed by atoms with Crippen LogP contribution in [-0.2, 0) is 0 Å². The third kappa shape index (κ3) is 1.79. The van der Waals surface area contributed by atoms with Crippen molar-refractivity contribution in [1.29, 1.82) is 0 Å². The number of nitrogens with one attached hydrogen (secondary N) is 1. The van der Waals surface area contributed by atoms with Crippen molar-refractivity contribution in [2.24, 2.45) is 0 Å². The Hall–Kier alpha value is -1.97. The van der Waals surface area contributed by atoms with Gasteiger partial charge in [0.2, 0.25) is 0 Å². The SMILES string of the molecule is COc1cc(C)cc(-c2cn[nH]c2N)c1. The third-order valence-electron chi connectivity index (χ3n) is 2.27. The molecule has 4 heteroatoms. The summed E-state index contributed by atoms with van der Waals surface area (Å²) in [6, 6.07) is 5.96. The van der Waals surface area contributed by atoms with Gasteiger partial charge in [0.05, 0.1) is 13.3 Å². The van der Waals surface area contributed by atoms with Crippen LogP contribution < -0.4 is 10.5 Å². The molecule has 0 bridgehead atoms. The molecule has 0 saturated heterocycles. The number of rotatable bonds is 2. The Kier molecular flexibility index (Phi) is 2.33. The molecule has 1 aromatic carbocycles. The number of anilines is 1. The van der Waals surface area contributed by atoms with Crippen LogP contribution in [0, 0.1) is 6.92 Å². The van der Waals surface area contributed by atoms with Crippen molar-refractivity contribution in [3.8, 4) is 16.9 Å². The summed E-state index contributed by atoms with van der Waals surface area (Å²) in [5.74, 6) is 1.40. The Morgan fingerprint density at radius 2 is 2.13 bits per heavy atom. The van der Waals surface area contributed by atoms with Crippen molar-refractivity contribution in [2.75, 3.05) is 12.8 Å². The largest absolute Gasteiger partial charge is 0.497 e. The molecule has 0 saturated carbocycles. The molecule has 0 amide bonds. The van der Waals surface area contributed by atoms with Crippen LogP contribution in [0.2, 0.25) is 0 Å². The molecule has 0 spiro atoms. The highest BCUT2D eigenvalue weighted by Gasteiger charge is 2.06. The van der Waals surface area contributed by atoms with Gasteiger partial charge in [-0.2, -0.15) is 5.10 Å². The summed E-state index contributed by atoms with van der Waals surface area (Å²) in [7, 11) is 1.65. The maximum absolute atomic E-state index is 5.76. The van der Waals surface area contributed by atoms with E-state index in [2.05, 4.69) is 10.2 Å². The molecule has 3 N–H and O–H groups in total. The first-order chi connectivity index (χ1) is 7.20. The fourth-order valence-electron chi connectivity index (χ4n) is 1.55. The van der Waals surface area contributed by atoms with E-state index in [4.69, 9.17) is 10.5 Å². The van der Waals surface area contributed by atoms with E-state index in [1.165, 1.54) is 0 Å². The van der Waals surface area contributed by atoms with Gasteiger partial charge in [0.25, 0.3) is 0 Å². The van der Waals surface area contributed by atoms with Gasteiger partial charge in [-0.3, -0.25) is 5.10 Å². The van der Waals surface area contributed by atoms with Crippen LogP contribution in [0.4, 0.5) is 5.82 Å². The smallest absolute Gasteiger partial charge is 0.126 e. The van der Waals surface area contributed by atoms with Crippen molar-refractivity contribution in [1.82, 2.24) is 10.2 Å². The van der Waals surface area contributed by atoms with Gasteiger partial charge in [-0.15, -0.1) is 0 Å². The molecular formula is C11H13N3O. The molecule has 2 aromatic rings. The first kappa shape index (κ1) is 9.58. The second-order valence-electron chi connectivity index (χ2n) is 3.44. The Balaban J connectivity index is 2.53. The van der Waals surface area contributed by atoms with E-state index >= 15 is 0 Å². The number of nitrogen functional groups attached to an aromatic ring is 1. The zero-order valence-electron chi connectivity index (χ0n) is 8.74. The minimum absolute atomic E-state index is 0.572. The van der Waals surface area contributed by atoms with Crippen LogP contribution in [0.1, 0.15) is 5.56 Å². The number of ether oxygens (including phenoxy) is 1. The van der Waals surface area contributed by atoms with Crippen molar-refractivity contribution in [3.05, 3.63) is 30.0 Å². The molecule has 0 radical (unpaired) electrons. The Bertz CT molecular complexity index is 476. The molecule has 1 heterocycles. The van der Waals surface area contributed by atoms with Crippen LogP contribution in [0.3, 0.4) is 0 Å². The van der Waals surface area contributed by atoms with Crippen LogP contribution in [-0.4, -0.2) is 17.3 Å². The highest BCUT2D eigenvalue weighted by molar-refractivity contribution is 5.74. The topological polar surface area (TPSA) is 63.9 Å². The minimum atomic E-state index is 0.572. The summed E-state index contributed by atoms with van der Waals surface area (Å²) < 4.78 is 5.20. The minimum Gasteiger partial charge on any atom is -0.497 e. The zero-order chi connectivity index (χ0) is 10.8. The number of aromatic nitrogens is 2. The maximum Gasteiger partial charge on any atom is 0.126 e. The molecule has 4 nitrogen and oxygen atoms in total. The number of aromatic amines is 1. The van der Waals surface area contributed by atoms with Crippen molar-refractivity contribution >= 4 is 5.82 Å². The summed E-state index contributed by atoms with van der Waals surface area (Å²) in [5.41, 5.74) is 8.80. The van der Waals surface area contributed by atoms with E-state index in [1.54, 1.807) is 13.3 Å². The number of methoxy groups -OCH3 is 1. The summed E-state index contributed by atoms with van der Waals surface area (Å²) in [6.45, 7) is 2.02. The first-order valence-corrected chi connectivity index (χ1v) is 4.65. The summed E-state index contributed by atoms with van der Waals surface area (Å²) in [6.07, 6.45) is 1.71. The van der Waals surface area contributed by atoms with E-state index in [-0.39, 0.29) is 0 Å². The molecule has 0 aliphatic heterocycles. The third-order valence-corrected chi connectivity index (χ3v) is 2.27. The van der Waals surface area contributed by atoms with Crippen LogP contribution in [0.15, 0.2) is 24.4 Å². The first-order valence-electron chi connectivity index (χ1n) is 4.65.